The summed E-state index contributed by atoms with van der Waals surface area (Å²) in [6.45, 7) is 2.40. The Balaban J connectivity index is 1.38. The van der Waals surface area contributed by atoms with Gasteiger partial charge in [-0.2, -0.15) is 0 Å². The zero-order chi connectivity index (χ0) is 20.3. The fourth-order valence-electron chi connectivity index (χ4n) is 2.82. The van der Waals surface area contributed by atoms with Crippen LogP contribution in [0.5, 0.6) is 11.5 Å². The van der Waals surface area contributed by atoms with E-state index in [2.05, 4.69) is 29.2 Å². The molecule has 0 N–H and O–H groups in total. The molecule has 0 aliphatic heterocycles. The largest absolute Gasteiger partial charge is 0.494 e. The van der Waals surface area contributed by atoms with Crippen molar-refractivity contribution < 1.29 is 13.9 Å². The number of benzene rings is 2. The van der Waals surface area contributed by atoms with Crippen LogP contribution in [0.1, 0.15) is 25.2 Å². The maximum atomic E-state index is 5.79. The van der Waals surface area contributed by atoms with Gasteiger partial charge in [0.05, 0.1) is 13.2 Å². The van der Waals surface area contributed by atoms with Crippen molar-refractivity contribution in [2.75, 3.05) is 33.9 Å². The van der Waals surface area contributed by atoms with Crippen LogP contribution in [0.25, 0.3) is 11.5 Å². The smallest absolute Gasteiger partial charge is 0.247 e. The number of hydrogen-bond acceptors (Lipinski definition) is 6. The summed E-state index contributed by atoms with van der Waals surface area (Å²) in [7, 11) is 4.12. The highest BCUT2D eigenvalue weighted by molar-refractivity contribution is 5.53. The molecule has 3 rings (SSSR count). The van der Waals surface area contributed by atoms with Crippen LogP contribution in [0.15, 0.2) is 59.0 Å². The molecule has 154 valence electrons. The lowest BCUT2D eigenvalue weighted by atomic mass is 10.2. The van der Waals surface area contributed by atoms with Crippen LogP contribution < -0.4 is 9.47 Å². The maximum absolute atomic E-state index is 5.79. The van der Waals surface area contributed by atoms with Gasteiger partial charge in [0, 0.05) is 18.5 Å². The summed E-state index contributed by atoms with van der Waals surface area (Å²) >= 11 is 0. The van der Waals surface area contributed by atoms with Crippen molar-refractivity contribution in [3.63, 3.8) is 0 Å². The Labute approximate surface area is 172 Å². The quantitative estimate of drug-likeness (QED) is 0.422. The summed E-state index contributed by atoms with van der Waals surface area (Å²) in [6, 6.07) is 17.6. The van der Waals surface area contributed by atoms with Crippen molar-refractivity contribution in [2.24, 2.45) is 0 Å². The lowest BCUT2D eigenvalue weighted by molar-refractivity contribution is 0.281. The van der Waals surface area contributed by atoms with Gasteiger partial charge in [0.2, 0.25) is 11.8 Å². The van der Waals surface area contributed by atoms with Gasteiger partial charge in [-0.3, -0.25) is 0 Å². The van der Waals surface area contributed by atoms with Gasteiger partial charge in [-0.25, -0.2) is 0 Å². The lowest BCUT2D eigenvalue weighted by Crippen LogP contribution is -2.15. The molecule has 0 unspecified atom stereocenters. The first-order valence-electron chi connectivity index (χ1n) is 10.1. The molecule has 0 aliphatic rings. The summed E-state index contributed by atoms with van der Waals surface area (Å²) in [4.78, 5) is 2.15. The fourth-order valence-corrected chi connectivity index (χ4v) is 2.82. The summed E-state index contributed by atoms with van der Waals surface area (Å²) in [5.74, 6) is 2.95. The van der Waals surface area contributed by atoms with Crippen LogP contribution in [0.4, 0.5) is 0 Å². The van der Waals surface area contributed by atoms with E-state index in [4.69, 9.17) is 13.9 Å². The molecule has 0 fully saturated rings. The van der Waals surface area contributed by atoms with E-state index in [1.165, 1.54) is 0 Å². The third-order valence-corrected chi connectivity index (χ3v) is 4.38. The Hall–Kier alpha value is -2.86. The van der Waals surface area contributed by atoms with Crippen molar-refractivity contribution in [1.82, 2.24) is 15.1 Å². The van der Waals surface area contributed by atoms with Gasteiger partial charge in [0.1, 0.15) is 11.5 Å². The number of aromatic nitrogens is 2. The number of para-hydroxylation sites is 1. The molecule has 0 saturated carbocycles. The van der Waals surface area contributed by atoms with E-state index in [0.717, 1.165) is 49.3 Å². The topological polar surface area (TPSA) is 60.6 Å². The molecular weight excluding hydrogens is 366 g/mol. The second-order valence-corrected chi connectivity index (χ2v) is 7.15. The minimum Gasteiger partial charge on any atom is -0.494 e. The highest BCUT2D eigenvalue weighted by atomic mass is 16.5. The highest BCUT2D eigenvalue weighted by Gasteiger charge is 2.09. The average Bonchev–Trinajstić information content (AvgIpc) is 3.21. The van der Waals surface area contributed by atoms with Crippen LogP contribution in [0.2, 0.25) is 0 Å². The van der Waals surface area contributed by atoms with E-state index in [-0.39, 0.29) is 0 Å². The minimum absolute atomic E-state index is 0.541. The molecule has 0 amide bonds. The van der Waals surface area contributed by atoms with Gasteiger partial charge < -0.3 is 18.8 Å². The molecule has 0 saturated heterocycles. The molecule has 2 aromatic carbocycles. The molecule has 0 bridgehead atoms. The molecule has 29 heavy (non-hydrogen) atoms. The first-order chi connectivity index (χ1) is 14.2. The number of nitrogens with zero attached hydrogens (tertiary/aromatic N) is 3. The van der Waals surface area contributed by atoms with Crippen molar-refractivity contribution in [1.29, 1.82) is 0 Å². The van der Waals surface area contributed by atoms with Gasteiger partial charge in [-0.1, -0.05) is 18.2 Å². The van der Waals surface area contributed by atoms with Crippen molar-refractivity contribution in [3.05, 3.63) is 60.5 Å². The van der Waals surface area contributed by atoms with Crippen LogP contribution in [0.3, 0.4) is 0 Å². The van der Waals surface area contributed by atoms with Crippen LogP contribution in [-0.4, -0.2) is 49.0 Å². The summed E-state index contributed by atoms with van der Waals surface area (Å²) < 4.78 is 17.2. The predicted molar refractivity (Wildman–Crippen MR) is 113 cm³/mol. The minimum atomic E-state index is 0.541. The zero-order valence-corrected chi connectivity index (χ0v) is 17.2. The lowest BCUT2D eigenvalue weighted by Gasteiger charge is -2.10. The molecule has 1 heterocycles. The second-order valence-electron chi connectivity index (χ2n) is 7.15. The van der Waals surface area contributed by atoms with E-state index < -0.39 is 0 Å². The van der Waals surface area contributed by atoms with Crippen molar-refractivity contribution >= 4 is 0 Å². The van der Waals surface area contributed by atoms with Gasteiger partial charge in [-0.05, 0) is 69.8 Å². The fraction of sp³-hybridized carbons (Fsp3) is 0.391. The summed E-state index contributed by atoms with van der Waals surface area (Å²) in [5.41, 5.74) is 0.900. The third kappa shape index (κ3) is 7.23. The van der Waals surface area contributed by atoms with Crippen molar-refractivity contribution in [3.8, 4) is 23.0 Å². The predicted octanol–water partition coefficient (Wildman–Crippen LogP) is 4.47. The van der Waals surface area contributed by atoms with Gasteiger partial charge >= 0.3 is 0 Å². The Morgan fingerprint density at radius 3 is 2.21 bits per heavy atom. The first-order valence-corrected chi connectivity index (χ1v) is 10.1. The molecule has 0 radical (unpaired) electrons. The summed E-state index contributed by atoms with van der Waals surface area (Å²) in [5, 5.41) is 8.32. The Morgan fingerprint density at radius 2 is 1.48 bits per heavy atom. The van der Waals surface area contributed by atoms with E-state index in [1.54, 1.807) is 0 Å². The first kappa shape index (κ1) is 20.9. The average molecular weight is 396 g/mol. The molecule has 0 aliphatic carbocycles. The van der Waals surface area contributed by atoms with Crippen molar-refractivity contribution in [2.45, 2.75) is 25.7 Å². The molecular formula is C23H29N3O3. The van der Waals surface area contributed by atoms with Crippen LogP contribution >= 0.6 is 0 Å². The van der Waals surface area contributed by atoms with E-state index >= 15 is 0 Å². The molecule has 6 heteroatoms. The second kappa shape index (κ2) is 11.2. The Kier molecular flexibility index (Phi) is 8.07. The number of rotatable bonds is 12. The van der Waals surface area contributed by atoms with E-state index in [0.29, 0.717) is 25.0 Å². The molecule has 0 spiro atoms. The van der Waals surface area contributed by atoms with Gasteiger partial charge in [0.15, 0.2) is 0 Å². The number of unbranched alkanes of at least 4 members (excludes halogenated alkanes) is 1. The number of hydrogen-bond donors (Lipinski definition) is 0. The normalized spacial score (nSPS) is 11.0. The van der Waals surface area contributed by atoms with Gasteiger partial charge in [-0.15, -0.1) is 10.2 Å². The maximum Gasteiger partial charge on any atom is 0.247 e. The summed E-state index contributed by atoms with van der Waals surface area (Å²) in [6.07, 6.45) is 3.62. The standard InChI is InChI=1S/C23H29N3O3/c1-26(2)16-8-18-28-21-14-12-19(13-15-21)23-25-24-22(29-23)11-6-7-17-27-20-9-4-3-5-10-20/h3-5,9-10,12-15H,6-8,11,16-18H2,1-2H3. The van der Waals surface area contributed by atoms with Crippen LogP contribution in [0, 0.1) is 0 Å². The van der Waals surface area contributed by atoms with Crippen LogP contribution in [-0.2, 0) is 6.42 Å². The highest BCUT2D eigenvalue weighted by Crippen LogP contribution is 2.22. The Morgan fingerprint density at radius 1 is 0.793 bits per heavy atom. The third-order valence-electron chi connectivity index (χ3n) is 4.38. The van der Waals surface area contributed by atoms with Gasteiger partial charge in [0.25, 0.3) is 0 Å². The van der Waals surface area contributed by atoms with E-state index in [9.17, 15) is 0 Å². The zero-order valence-electron chi connectivity index (χ0n) is 17.2. The molecule has 1 aromatic heterocycles. The number of ether oxygens (including phenoxy) is 2. The van der Waals surface area contributed by atoms with E-state index in [1.807, 2.05) is 54.6 Å². The SMILES string of the molecule is CN(C)CCCOc1ccc(-c2nnc(CCCCOc3ccccc3)o2)cc1. The molecule has 3 aromatic rings. The molecule has 0 atom stereocenters. The Bertz CT molecular complexity index is 832. The molecule has 6 nitrogen and oxygen atoms in total. The monoisotopic (exact) mass is 395 g/mol. The number of aryl methyl sites for hydroxylation is 1.